The van der Waals surface area contributed by atoms with Crippen LogP contribution >= 0.6 is 11.6 Å². The summed E-state index contributed by atoms with van der Waals surface area (Å²) in [7, 11) is 0. The second-order valence-corrected chi connectivity index (χ2v) is 5.03. The number of halogens is 2. The van der Waals surface area contributed by atoms with Crippen molar-refractivity contribution in [2.75, 3.05) is 0 Å². The highest BCUT2D eigenvalue weighted by molar-refractivity contribution is 6.30. The van der Waals surface area contributed by atoms with E-state index in [4.69, 9.17) is 16.3 Å². The molecule has 19 heavy (non-hydrogen) atoms. The fourth-order valence-corrected chi connectivity index (χ4v) is 2.43. The number of aliphatic hydroxyl groups excluding tert-OH is 1. The van der Waals surface area contributed by atoms with Crippen LogP contribution in [0.2, 0.25) is 5.02 Å². The molecule has 2 aromatic carbocycles. The molecule has 1 heterocycles. The van der Waals surface area contributed by atoms with Crippen molar-refractivity contribution in [2.24, 2.45) is 0 Å². The third-order valence-corrected chi connectivity index (χ3v) is 3.53. The summed E-state index contributed by atoms with van der Waals surface area (Å²) in [5.74, 6) is 0.159. The monoisotopic (exact) mass is 278 g/mol. The average molecular weight is 279 g/mol. The Morgan fingerprint density at radius 3 is 2.63 bits per heavy atom. The van der Waals surface area contributed by atoms with Crippen molar-refractivity contribution in [2.45, 2.75) is 18.6 Å². The van der Waals surface area contributed by atoms with Gasteiger partial charge in [0.15, 0.2) is 0 Å². The molecule has 0 aliphatic carbocycles. The van der Waals surface area contributed by atoms with Crippen LogP contribution in [0.5, 0.6) is 5.75 Å². The maximum atomic E-state index is 13.2. The molecule has 0 fully saturated rings. The third kappa shape index (κ3) is 2.44. The molecule has 2 aromatic rings. The molecule has 0 bridgehead atoms. The van der Waals surface area contributed by atoms with E-state index in [1.807, 2.05) is 12.1 Å². The number of benzene rings is 2. The fraction of sp³-hybridized carbons (Fsp3) is 0.200. The lowest BCUT2D eigenvalue weighted by Gasteiger charge is -2.30. The molecule has 1 N–H and O–H groups in total. The van der Waals surface area contributed by atoms with Crippen LogP contribution in [-0.4, -0.2) is 5.11 Å². The molecule has 4 heteroatoms. The smallest absolute Gasteiger partial charge is 0.127 e. The van der Waals surface area contributed by atoms with Gasteiger partial charge in [0.1, 0.15) is 17.7 Å². The van der Waals surface area contributed by atoms with Crippen LogP contribution in [0.1, 0.15) is 29.8 Å². The van der Waals surface area contributed by atoms with Crippen molar-refractivity contribution in [3.63, 3.8) is 0 Å². The van der Waals surface area contributed by atoms with Crippen LogP contribution in [-0.2, 0) is 0 Å². The quantitative estimate of drug-likeness (QED) is 0.853. The summed E-state index contributed by atoms with van der Waals surface area (Å²) < 4.78 is 19.0. The number of rotatable bonds is 1. The SMILES string of the molecule is OC1CC(c2ccc(Cl)cc2)Oc2ccc(F)cc21. The Hall–Kier alpha value is -1.58. The Morgan fingerprint density at radius 1 is 1.16 bits per heavy atom. The molecule has 2 unspecified atom stereocenters. The van der Waals surface area contributed by atoms with Crippen LogP contribution in [0, 0.1) is 5.82 Å². The first-order valence-corrected chi connectivity index (χ1v) is 6.41. The molecular weight excluding hydrogens is 267 g/mol. The molecule has 0 saturated carbocycles. The lowest BCUT2D eigenvalue weighted by molar-refractivity contribution is 0.0653. The topological polar surface area (TPSA) is 29.5 Å². The van der Waals surface area contributed by atoms with E-state index in [-0.39, 0.29) is 11.9 Å². The van der Waals surface area contributed by atoms with Crippen molar-refractivity contribution >= 4 is 11.6 Å². The lowest BCUT2D eigenvalue weighted by atomic mass is 9.95. The van der Waals surface area contributed by atoms with E-state index in [2.05, 4.69) is 0 Å². The van der Waals surface area contributed by atoms with Gasteiger partial charge < -0.3 is 9.84 Å². The van der Waals surface area contributed by atoms with Gasteiger partial charge in [-0.3, -0.25) is 0 Å². The number of hydrogen-bond donors (Lipinski definition) is 1. The molecule has 1 aliphatic heterocycles. The standard InChI is InChI=1S/C15H12ClFO2/c16-10-3-1-9(2-4-10)15-8-13(18)12-7-11(17)5-6-14(12)19-15/h1-7,13,15,18H,8H2. The summed E-state index contributed by atoms with van der Waals surface area (Å²) in [6.45, 7) is 0. The molecule has 0 radical (unpaired) electrons. The summed E-state index contributed by atoms with van der Waals surface area (Å²) in [5, 5.41) is 10.8. The molecule has 0 aromatic heterocycles. The molecule has 0 spiro atoms. The second-order valence-electron chi connectivity index (χ2n) is 4.59. The van der Waals surface area contributed by atoms with Gasteiger partial charge in [-0.1, -0.05) is 23.7 Å². The van der Waals surface area contributed by atoms with E-state index in [1.54, 1.807) is 18.2 Å². The first kappa shape index (κ1) is 12.5. The molecule has 0 saturated heterocycles. The third-order valence-electron chi connectivity index (χ3n) is 3.28. The molecular formula is C15H12ClFO2. The van der Waals surface area contributed by atoms with Crippen molar-refractivity contribution in [1.82, 2.24) is 0 Å². The lowest BCUT2D eigenvalue weighted by Crippen LogP contribution is -2.19. The van der Waals surface area contributed by atoms with Gasteiger partial charge in [0.05, 0.1) is 6.10 Å². The summed E-state index contributed by atoms with van der Waals surface area (Å²) in [6, 6.07) is 11.5. The minimum Gasteiger partial charge on any atom is -0.485 e. The van der Waals surface area contributed by atoms with Gasteiger partial charge in [0, 0.05) is 17.0 Å². The Labute approximate surface area is 115 Å². The Balaban J connectivity index is 1.92. The number of aliphatic hydroxyl groups is 1. The van der Waals surface area contributed by atoms with Gasteiger partial charge >= 0.3 is 0 Å². The van der Waals surface area contributed by atoms with Gasteiger partial charge in [-0.05, 0) is 35.9 Å². The fourth-order valence-electron chi connectivity index (χ4n) is 2.30. The van der Waals surface area contributed by atoms with Gasteiger partial charge in [-0.15, -0.1) is 0 Å². The Kier molecular flexibility index (Phi) is 3.17. The van der Waals surface area contributed by atoms with Gasteiger partial charge in [0.25, 0.3) is 0 Å². The molecule has 2 nitrogen and oxygen atoms in total. The van der Waals surface area contributed by atoms with Crippen LogP contribution in [0.3, 0.4) is 0 Å². The van der Waals surface area contributed by atoms with Crippen LogP contribution in [0.15, 0.2) is 42.5 Å². The van der Waals surface area contributed by atoms with Crippen molar-refractivity contribution in [1.29, 1.82) is 0 Å². The zero-order valence-electron chi connectivity index (χ0n) is 10.0. The highest BCUT2D eigenvalue weighted by Gasteiger charge is 2.28. The van der Waals surface area contributed by atoms with Crippen molar-refractivity contribution in [3.8, 4) is 5.75 Å². The van der Waals surface area contributed by atoms with Crippen LogP contribution in [0.4, 0.5) is 4.39 Å². The largest absolute Gasteiger partial charge is 0.485 e. The van der Waals surface area contributed by atoms with E-state index in [0.29, 0.717) is 22.8 Å². The minimum absolute atomic E-state index is 0.245. The van der Waals surface area contributed by atoms with Gasteiger partial charge in [-0.2, -0.15) is 0 Å². The molecule has 0 amide bonds. The Bertz CT molecular complexity index is 598. The summed E-state index contributed by atoms with van der Waals surface area (Å²) in [6.07, 6.45) is -0.566. The van der Waals surface area contributed by atoms with E-state index in [9.17, 15) is 9.50 Å². The van der Waals surface area contributed by atoms with Gasteiger partial charge in [-0.25, -0.2) is 4.39 Å². The average Bonchev–Trinajstić information content (AvgIpc) is 2.40. The van der Waals surface area contributed by atoms with Crippen LogP contribution < -0.4 is 4.74 Å². The van der Waals surface area contributed by atoms with Gasteiger partial charge in [0.2, 0.25) is 0 Å². The van der Waals surface area contributed by atoms with Crippen LogP contribution in [0.25, 0.3) is 0 Å². The second kappa shape index (κ2) is 4.83. The summed E-state index contributed by atoms with van der Waals surface area (Å²) in [4.78, 5) is 0. The molecule has 3 rings (SSSR count). The number of ether oxygens (including phenoxy) is 1. The van der Waals surface area contributed by atoms with Crippen molar-refractivity contribution < 1.29 is 14.2 Å². The predicted octanol–water partition coefficient (Wildman–Crippen LogP) is 4.04. The molecule has 98 valence electrons. The van der Waals surface area contributed by atoms with E-state index >= 15 is 0 Å². The maximum Gasteiger partial charge on any atom is 0.127 e. The molecule has 2 atom stereocenters. The number of fused-ring (bicyclic) bond motifs is 1. The van der Waals surface area contributed by atoms with E-state index in [1.165, 1.54) is 12.1 Å². The van der Waals surface area contributed by atoms with E-state index in [0.717, 1.165) is 5.56 Å². The highest BCUT2D eigenvalue weighted by Crippen LogP contribution is 2.41. The highest BCUT2D eigenvalue weighted by atomic mass is 35.5. The first-order valence-electron chi connectivity index (χ1n) is 6.03. The minimum atomic E-state index is -0.722. The van der Waals surface area contributed by atoms with E-state index < -0.39 is 6.10 Å². The molecule has 1 aliphatic rings. The maximum absolute atomic E-state index is 13.2. The normalized spacial score (nSPS) is 21.6. The number of hydrogen-bond acceptors (Lipinski definition) is 2. The zero-order valence-corrected chi connectivity index (χ0v) is 10.8. The Morgan fingerprint density at radius 2 is 1.89 bits per heavy atom. The zero-order chi connectivity index (χ0) is 13.4. The first-order chi connectivity index (χ1) is 9.13. The summed E-state index contributed by atoms with van der Waals surface area (Å²) >= 11 is 5.85. The predicted molar refractivity (Wildman–Crippen MR) is 70.8 cm³/mol. The van der Waals surface area contributed by atoms with Crippen molar-refractivity contribution in [3.05, 3.63) is 64.4 Å². The summed E-state index contributed by atoms with van der Waals surface area (Å²) in [5.41, 5.74) is 1.45.